The molecule has 0 radical (unpaired) electrons. The molecule has 3 rings (SSSR count). The zero-order valence-electron chi connectivity index (χ0n) is 8.69. The minimum atomic E-state index is -0.702. The quantitative estimate of drug-likeness (QED) is 0.627. The van der Waals surface area contributed by atoms with Gasteiger partial charge in [0.05, 0.1) is 6.61 Å². The second-order valence-electron chi connectivity index (χ2n) is 4.61. The lowest BCUT2D eigenvalue weighted by Crippen LogP contribution is -2.31. The highest BCUT2D eigenvalue weighted by Gasteiger charge is 2.49. The van der Waals surface area contributed by atoms with E-state index in [4.69, 9.17) is 9.05 Å². The van der Waals surface area contributed by atoms with Crippen molar-refractivity contribution in [1.29, 1.82) is 0 Å². The summed E-state index contributed by atoms with van der Waals surface area (Å²) in [6, 6.07) is 0.780. The Bertz CT molecular complexity index is 226. The standard InChI is InChI=1S/C10H18NO2P/c1-12-14-11-6-8(7-13-14)9-4-2-3-5-10(9)11/h8-10H,2-7H2,1H3/t8-,9-,10-,14?/m1/s1. The molecular formula is C10H18NO2P. The third kappa shape index (κ3) is 1.34. The maximum atomic E-state index is 5.77. The van der Waals surface area contributed by atoms with Gasteiger partial charge in [0.2, 0.25) is 0 Å². The Morgan fingerprint density at radius 2 is 2.21 bits per heavy atom. The number of fused-ring (bicyclic) bond motifs is 5. The summed E-state index contributed by atoms with van der Waals surface area (Å²) in [6.07, 6.45) is 5.61. The number of nitrogens with zero attached hydrogens (tertiary/aromatic N) is 1. The summed E-state index contributed by atoms with van der Waals surface area (Å²) in [4.78, 5) is 0. The van der Waals surface area contributed by atoms with E-state index in [0.29, 0.717) is 0 Å². The molecule has 2 unspecified atom stereocenters. The van der Waals surface area contributed by atoms with Gasteiger partial charge >= 0.3 is 0 Å². The van der Waals surface area contributed by atoms with E-state index in [9.17, 15) is 0 Å². The molecule has 0 spiro atoms. The first-order valence-corrected chi connectivity index (χ1v) is 6.77. The molecule has 4 heteroatoms. The predicted molar refractivity (Wildman–Crippen MR) is 55.8 cm³/mol. The topological polar surface area (TPSA) is 21.7 Å². The Labute approximate surface area is 86.7 Å². The average Bonchev–Trinajstić information content (AvgIpc) is 2.55. The maximum absolute atomic E-state index is 5.77. The minimum Gasteiger partial charge on any atom is -0.325 e. The summed E-state index contributed by atoms with van der Waals surface area (Å²) in [5.41, 5.74) is 0. The zero-order valence-corrected chi connectivity index (χ0v) is 9.58. The smallest absolute Gasteiger partial charge is 0.258 e. The molecule has 3 nitrogen and oxygen atoms in total. The number of hydrogen-bond donors (Lipinski definition) is 0. The van der Waals surface area contributed by atoms with Crippen molar-refractivity contribution in [2.45, 2.75) is 31.7 Å². The molecule has 0 amide bonds. The van der Waals surface area contributed by atoms with Gasteiger partial charge in [0.25, 0.3) is 8.53 Å². The highest BCUT2D eigenvalue weighted by Crippen LogP contribution is 2.57. The molecule has 2 saturated heterocycles. The summed E-state index contributed by atoms with van der Waals surface area (Å²) in [5, 5.41) is 0. The van der Waals surface area contributed by atoms with Crippen LogP contribution in [0.2, 0.25) is 0 Å². The molecule has 2 aliphatic heterocycles. The molecule has 3 aliphatic rings. The first kappa shape index (κ1) is 9.53. The molecule has 0 aromatic heterocycles. The fourth-order valence-corrected chi connectivity index (χ4v) is 4.98. The third-order valence-corrected chi connectivity index (χ3v) is 5.52. The van der Waals surface area contributed by atoms with Gasteiger partial charge < -0.3 is 9.05 Å². The molecule has 3 fully saturated rings. The molecule has 0 aromatic rings. The lowest BCUT2D eigenvalue weighted by molar-refractivity contribution is 0.171. The molecule has 0 N–H and O–H groups in total. The Kier molecular flexibility index (Phi) is 2.53. The summed E-state index contributed by atoms with van der Waals surface area (Å²) >= 11 is 0. The van der Waals surface area contributed by atoms with Crippen molar-refractivity contribution in [2.24, 2.45) is 11.8 Å². The Balaban J connectivity index is 1.81. The monoisotopic (exact) mass is 215 g/mol. The van der Waals surface area contributed by atoms with Crippen molar-refractivity contribution >= 4 is 8.53 Å². The van der Waals surface area contributed by atoms with Crippen molar-refractivity contribution in [2.75, 3.05) is 20.3 Å². The van der Waals surface area contributed by atoms with Crippen molar-refractivity contribution in [3.05, 3.63) is 0 Å². The van der Waals surface area contributed by atoms with Crippen LogP contribution in [0.3, 0.4) is 0 Å². The normalized spacial score (nSPS) is 51.6. The van der Waals surface area contributed by atoms with Gasteiger partial charge in [-0.15, -0.1) is 0 Å². The SMILES string of the molecule is COP1OC[C@H]2CN1[C@@H]1CCCC[C@H]21. The van der Waals surface area contributed by atoms with E-state index in [-0.39, 0.29) is 0 Å². The molecule has 2 heterocycles. The van der Waals surface area contributed by atoms with Crippen LogP contribution < -0.4 is 0 Å². The molecular weight excluding hydrogens is 197 g/mol. The molecule has 80 valence electrons. The van der Waals surface area contributed by atoms with E-state index in [2.05, 4.69) is 4.67 Å². The van der Waals surface area contributed by atoms with Gasteiger partial charge in [0.1, 0.15) is 0 Å². The third-order valence-electron chi connectivity index (χ3n) is 3.96. The minimum absolute atomic E-state index is 0.702. The fourth-order valence-electron chi connectivity index (χ4n) is 3.33. The van der Waals surface area contributed by atoms with Gasteiger partial charge in [-0.05, 0) is 18.8 Å². The van der Waals surface area contributed by atoms with Crippen LogP contribution in [0.15, 0.2) is 0 Å². The first-order chi connectivity index (χ1) is 6.90. The van der Waals surface area contributed by atoms with Gasteiger partial charge in [0, 0.05) is 25.6 Å². The van der Waals surface area contributed by atoms with E-state index in [0.717, 1.165) is 24.5 Å². The van der Waals surface area contributed by atoms with Crippen LogP contribution in [0, 0.1) is 11.8 Å². The first-order valence-electron chi connectivity index (χ1n) is 5.64. The van der Waals surface area contributed by atoms with Crippen LogP contribution in [0.1, 0.15) is 25.7 Å². The van der Waals surface area contributed by atoms with Crippen LogP contribution in [-0.2, 0) is 9.05 Å². The van der Waals surface area contributed by atoms with Gasteiger partial charge in [0.15, 0.2) is 0 Å². The largest absolute Gasteiger partial charge is 0.325 e. The zero-order chi connectivity index (χ0) is 9.54. The summed E-state index contributed by atoms with van der Waals surface area (Å²) < 4.78 is 13.7. The Morgan fingerprint density at radius 3 is 3.07 bits per heavy atom. The molecule has 2 bridgehead atoms. The molecule has 14 heavy (non-hydrogen) atoms. The second-order valence-corrected chi connectivity index (χ2v) is 6.23. The highest BCUT2D eigenvalue weighted by molar-refractivity contribution is 7.44. The molecule has 0 aromatic carbocycles. The maximum Gasteiger partial charge on any atom is 0.258 e. The van der Waals surface area contributed by atoms with E-state index >= 15 is 0 Å². The van der Waals surface area contributed by atoms with E-state index in [1.54, 1.807) is 7.11 Å². The lowest BCUT2D eigenvalue weighted by Gasteiger charge is -2.33. The Morgan fingerprint density at radius 1 is 1.36 bits per heavy atom. The van der Waals surface area contributed by atoms with Crippen LogP contribution in [0.25, 0.3) is 0 Å². The van der Waals surface area contributed by atoms with Crippen LogP contribution in [0.5, 0.6) is 0 Å². The summed E-state index contributed by atoms with van der Waals surface area (Å²) in [7, 11) is 1.08. The van der Waals surface area contributed by atoms with Crippen molar-refractivity contribution in [3.63, 3.8) is 0 Å². The van der Waals surface area contributed by atoms with Gasteiger partial charge in [-0.2, -0.15) is 0 Å². The molecule has 1 saturated carbocycles. The van der Waals surface area contributed by atoms with Crippen LogP contribution >= 0.6 is 8.53 Å². The Hall–Kier alpha value is 0.310. The molecule has 5 atom stereocenters. The predicted octanol–water partition coefficient (Wildman–Crippen LogP) is 2.38. The lowest BCUT2D eigenvalue weighted by atomic mass is 9.80. The van der Waals surface area contributed by atoms with E-state index in [1.165, 1.54) is 32.2 Å². The van der Waals surface area contributed by atoms with Gasteiger partial charge in [-0.1, -0.05) is 12.8 Å². The van der Waals surface area contributed by atoms with Crippen molar-refractivity contribution in [1.82, 2.24) is 4.67 Å². The van der Waals surface area contributed by atoms with Crippen LogP contribution in [0.4, 0.5) is 0 Å². The number of hydrogen-bond acceptors (Lipinski definition) is 3. The highest BCUT2D eigenvalue weighted by atomic mass is 31.2. The number of rotatable bonds is 1. The second kappa shape index (κ2) is 3.71. The fraction of sp³-hybridized carbons (Fsp3) is 1.00. The summed E-state index contributed by atoms with van der Waals surface area (Å²) in [5.74, 6) is 1.71. The van der Waals surface area contributed by atoms with Gasteiger partial charge in [-0.3, -0.25) is 0 Å². The molecule has 1 aliphatic carbocycles. The van der Waals surface area contributed by atoms with Crippen LogP contribution in [-0.4, -0.2) is 31.0 Å². The van der Waals surface area contributed by atoms with E-state index in [1.807, 2.05) is 0 Å². The van der Waals surface area contributed by atoms with Gasteiger partial charge in [-0.25, -0.2) is 4.67 Å². The van der Waals surface area contributed by atoms with Crippen molar-refractivity contribution < 1.29 is 9.05 Å². The summed E-state index contributed by atoms with van der Waals surface area (Å²) in [6.45, 7) is 2.17. The van der Waals surface area contributed by atoms with E-state index < -0.39 is 8.53 Å². The van der Waals surface area contributed by atoms with Crippen molar-refractivity contribution in [3.8, 4) is 0 Å². The average molecular weight is 215 g/mol.